The molecule has 8 heteroatoms. The number of carboxylic acid groups (broad SMARTS) is 1. The Labute approximate surface area is 156 Å². The highest BCUT2D eigenvalue weighted by atomic mass is 19.1. The Morgan fingerprint density at radius 3 is 2.26 bits per heavy atom. The van der Waals surface area contributed by atoms with Crippen molar-refractivity contribution in [2.45, 2.75) is 18.3 Å². The van der Waals surface area contributed by atoms with E-state index in [1.165, 1.54) is 42.5 Å². The molecule has 27 heavy (non-hydrogen) atoms. The summed E-state index contributed by atoms with van der Waals surface area (Å²) < 4.78 is 22.7. The zero-order valence-corrected chi connectivity index (χ0v) is 14.5. The first kappa shape index (κ1) is 22.5. The van der Waals surface area contributed by atoms with Crippen LogP contribution < -0.4 is 4.74 Å². The first-order valence-electron chi connectivity index (χ1n) is 8.12. The van der Waals surface area contributed by atoms with Crippen LogP contribution in [0, 0.1) is 5.82 Å². The molecule has 0 unspecified atom stereocenters. The molecule has 0 spiro atoms. The summed E-state index contributed by atoms with van der Waals surface area (Å²) >= 11 is 0. The highest BCUT2D eigenvalue weighted by molar-refractivity contribution is 5.67. The van der Waals surface area contributed by atoms with Crippen molar-refractivity contribution < 1.29 is 39.1 Å². The maximum Gasteiger partial charge on any atom is 0.329 e. The van der Waals surface area contributed by atoms with Crippen molar-refractivity contribution in [2.24, 2.45) is 0 Å². The quantitative estimate of drug-likeness (QED) is 0.399. The molecule has 0 saturated heterocycles. The predicted octanol–water partition coefficient (Wildman–Crippen LogP) is 1.06. The Morgan fingerprint density at radius 1 is 1.00 bits per heavy atom. The fourth-order valence-electron chi connectivity index (χ4n) is 1.76. The predicted molar refractivity (Wildman–Crippen MR) is 95.8 cm³/mol. The number of allylic oxidation sites excluding steroid dienone is 4. The minimum Gasteiger partial charge on any atom is -0.491 e. The Hall–Kier alpha value is -2.52. The van der Waals surface area contributed by atoms with Crippen molar-refractivity contribution in [3.8, 4) is 5.75 Å². The summed E-state index contributed by atoms with van der Waals surface area (Å²) in [5.74, 6) is -1.08. The van der Waals surface area contributed by atoms with Gasteiger partial charge in [0.2, 0.25) is 0 Å². The zero-order valence-electron chi connectivity index (χ0n) is 14.5. The van der Waals surface area contributed by atoms with Crippen molar-refractivity contribution in [1.29, 1.82) is 0 Å². The van der Waals surface area contributed by atoms with Crippen LogP contribution in [-0.2, 0) is 9.53 Å². The van der Waals surface area contributed by atoms with E-state index >= 15 is 0 Å². The number of carboxylic acids is 1. The van der Waals surface area contributed by atoms with Crippen LogP contribution >= 0.6 is 0 Å². The average molecular weight is 382 g/mol. The van der Waals surface area contributed by atoms with Crippen LogP contribution in [-0.4, -0.2) is 64.5 Å². The van der Waals surface area contributed by atoms with Crippen LogP contribution in [0.25, 0.3) is 0 Å². The van der Waals surface area contributed by atoms with E-state index in [9.17, 15) is 24.5 Å². The summed E-state index contributed by atoms with van der Waals surface area (Å²) in [5.41, 5.74) is 0. The normalized spacial score (nSPS) is 15.4. The molecule has 7 nitrogen and oxygen atoms in total. The molecule has 3 atom stereocenters. The number of aliphatic hydroxyl groups is 3. The van der Waals surface area contributed by atoms with Gasteiger partial charge in [0.05, 0.1) is 6.61 Å². The van der Waals surface area contributed by atoms with E-state index in [4.69, 9.17) is 9.84 Å². The lowest BCUT2D eigenvalue weighted by atomic mass is 10.2. The van der Waals surface area contributed by atoms with Gasteiger partial charge in [0, 0.05) is 0 Å². The maximum absolute atomic E-state index is 12.7. The van der Waals surface area contributed by atoms with Crippen LogP contribution in [0.3, 0.4) is 0 Å². The molecule has 0 bridgehead atoms. The molecular weight excluding hydrogens is 359 g/mol. The minimum absolute atomic E-state index is 0.00700. The SMILES string of the molecule is O=C(O)COC[C@H](O)[C@H](O)/C=C/C=C/C=C/[C@H](O)COc1ccc(F)cc1. The molecule has 0 aromatic heterocycles. The van der Waals surface area contributed by atoms with Gasteiger partial charge in [-0.25, -0.2) is 9.18 Å². The number of halogens is 1. The molecule has 0 saturated carbocycles. The number of hydrogen-bond acceptors (Lipinski definition) is 6. The maximum atomic E-state index is 12.7. The van der Waals surface area contributed by atoms with Gasteiger partial charge in [-0.1, -0.05) is 36.5 Å². The number of ether oxygens (including phenoxy) is 2. The first-order valence-corrected chi connectivity index (χ1v) is 8.12. The van der Waals surface area contributed by atoms with E-state index in [2.05, 4.69) is 4.74 Å². The Balaban J connectivity index is 2.26. The summed E-state index contributed by atoms with van der Waals surface area (Å²) in [6.07, 6.45) is 5.71. The van der Waals surface area contributed by atoms with Gasteiger partial charge in [-0.3, -0.25) is 0 Å². The monoisotopic (exact) mass is 382 g/mol. The highest BCUT2D eigenvalue weighted by Gasteiger charge is 2.13. The van der Waals surface area contributed by atoms with E-state index in [-0.39, 0.29) is 19.0 Å². The number of benzene rings is 1. The summed E-state index contributed by atoms with van der Waals surface area (Å²) in [4.78, 5) is 10.3. The fraction of sp³-hybridized carbons (Fsp3) is 0.316. The second kappa shape index (κ2) is 12.8. The van der Waals surface area contributed by atoms with Gasteiger partial charge >= 0.3 is 5.97 Å². The third-order valence-electron chi connectivity index (χ3n) is 3.12. The van der Waals surface area contributed by atoms with Gasteiger partial charge < -0.3 is 29.9 Å². The molecule has 0 aliphatic carbocycles. The summed E-state index contributed by atoms with van der Waals surface area (Å²) in [6.45, 7) is -0.847. The lowest BCUT2D eigenvalue weighted by Gasteiger charge is -2.13. The van der Waals surface area contributed by atoms with Gasteiger partial charge in [0.25, 0.3) is 0 Å². The van der Waals surface area contributed by atoms with Crippen LogP contribution in [0.15, 0.2) is 60.7 Å². The second-order valence-electron chi connectivity index (χ2n) is 5.45. The Kier molecular flexibility index (Phi) is 10.7. The third kappa shape index (κ3) is 10.9. The number of rotatable bonds is 12. The smallest absolute Gasteiger partial charge is 0.329 e. The minimum atomic E-state index is -1.24. The highest BCUT2D eigenvalue weighted by Crippen LogP contribution is 2.11. The van der Waals surface area contributed by atoms with Crippen LogP contribution in [0.2, 0.25) is 0 Å². The lowest BCUT2D eigenvalue weighted by Crippen LogP contribution is -2.29. The van der Waals surface area contributed by atoms with Crippen LogP contribution in [0.1, 0.15) is 0 Å². The molecule has 4 N–H and O–H groups in total. The van der Waals surface area contributed by atoms with Crippen molar-refractivity contribution >= 4 is 5.97 Å². The van der Waals surface area contributed by atoms with E-state index < -0.39 is 30.9 Å². The van der Waals surface area contributed by atoms with Crippen molar-refractivity contribution in [1.82, 2.24) is 0 Å². The molecule has 0 heterocycles. The standard InChI is InChI=1S/C19H23FO7/c20-14-7-9-16(10-8-14)27-11-15(21)5-3-1-2-4-6-17(22)18(23)12-26-13-19(24)25/h1-10,15,17-18,21-23H,11-13H2,(H,24,25)/b2-1+,5-3+,6-4+/t15-,17+,18-/m0/s1. The van der Waals surface area contributed by atoms with Crippen molar-refractivity contribution in [2.75, 3.05) is 19.8 Å². The zero-order chi connectivity index (χ0) is 20.1. The molecule has 1 aromatic rings. The van der Waals surface area contributed by atoms with Crippen molar-refractivity contribution in [3.05, 3.63) is 66.5 Å². The van der Waals surface area contributed by atoms with Gasteiger partial charge in [0.1, 0.15) is 43.1 Å². The summed E-state index contributed by atoms with van der Waals surface area (Å²) in [6, 6.07) is 5.44. The largest absolute Gasteiger partial charge is 0.491 e. The fourth-order valence-corrected chi connectivity index (χ4v) is 1.76. The van der Waals surface area contributed by atoms with Crippen LogP contribution in [0.4, 0.5) is 4.39 Å². The molecule has 0 fully saturated rings. The van der Waals surface area contributed by atoms with Gasteiger partial charge in [-0.15, -0.1) is 0 Å². The van der Waals surface area contributed by atoms with E-state index in [1.54, 1.807) is 18.2 Å². The average Bonchev–Trinajstić information content (AvgIpc) is 2.63. The number of hydrogen-bond donors (Lipinski definition) is 4. The topological polar surface area (TPSA) is 116 Å². The molecule has 1 aromatic carbocycles. The third-order valence-corrected chi connectivity index (χ3v) is 3.12. The molecule has 0 aliphatic rings. The Bertz CT molecular complexity index is 640. The molecule has 0 radical (unpaired) electrons. The Morgan fingerprint density at radius 2 is 1.63 bits per heavy atom. The molecule has 0 aliphatic heterocycles. The molecule has 148 valence electrons. The van der Waals surface area contributed by atoms with Crippen LogP contribution in [0.5, 0.6) is 5.75 Å². The second-order valence-corrected chi connectivity index (χ2v) is 5.45. The first-order chi connectivity index (χ1) is 12.9. The van der Waals surface area contributed by atoms with E-state index in [0.29, 0.717) is 5.75 Å². The lowest BCUT2D eigenvalue weighted by molar-refractivity contribution is -0.143. The number of aliphatic carboxylic acids is 1. The van der Waals surface area contributed by atoms with Gasteiger partial charge in [-0.2, -0.15) is 0 Å². The van der Waals surface area contributed by atoms with E-state index in [0.717, 1.165) is 0 Å². The van der Waals surface area contributed by atoms with E-state index in [1.807, 2.05) is 0 Å². The van der Waals surface area contributed by atoms with Gasteiger partial charge in [-0.05, 0) is 24.3 Å². The number of aliphatic hydroxyl groups excluding tert-OH is 3. The molecule has 0 amide bonds. The molecular formula is C19H23FO7. The van der Waals surface area contributed by atoms with Crippen molar-refractivity contribution in [3.63, 3.8) is 0 Å². The summed E-state index contributed by atoms with van der Waals surface area (Å²) in [5, 5.41) is 37.3. The molecule has 1 rings (SSSR count). The van der Waals surface area contributed by atoms with Gasteiger partial charge in [0.15, 0.2) is 0 Å². The summed E-state index contributed by atoms with van der Waals surface area (Å²) in [7, 11) is 0. The number of carbonyl (C=O) groups is 1.